The minimum absolute atomic E-state index is 0.0420. The average molecular weight is 338 g/mol. The van der Waals surface area contributed by atoms with Crippen LogP contribution in [0.25, 0.3) is 0 Å². The summed E-state index contributed by atoms with van der Waals surface area (Å²) in [6.07, 6.45) is 3.96. The van der Waals surface area contributed by atoms with E-state index in [1.54, 1.807) is 0 Å². The lowest BCUT2D eigenvalue weighted by molar-refractivity contribution is -0.380. The number of aromatic nitrogens is 1. The lowest BCUT2D eigenvalue weighted by Gasteiger charge is -2.20. The molecule has 2 aromatic heterocycles. The molecule has 3 heterocycles. The molecular weight excluding hydrogens is 324 g/mol. The van der Waals surface area contributed by atoms with Crippen molar-refractivity contribution in [3.63, 3.8) is 0 Å². The van der Waals surface area contributed by atoms with Gasteiger partial charge < -0.3 is 5.32 Å². The fraction of sp³-hybridized carbons (Fsp3) is 0.385. The van der Waals surface area contributed by atoms with Gasteiger partial charge in [0.25, 0.3) is 5.91 Å². The highest BCUT2D eigenvalue weighted by atomic mass is 32.1. The number of carbonyl (C=O) groups excluding carboxylic acids is 1. The minimum Gasteiger partial charge on any atom is -0.317 e. The monoisotopic (exact) mass is 338 g/mol. The molecule has 22 heavy (non-hydrogen) atoms. The summed E-state index contributed by atoms with van der Waals surface area (Å²) in [5, 5.41) is 18.6. The smallest absolute Gasteiger partial charge is 0.317 e. The summed E-state index contributed by atoms with van der Waals surface area (Å²) in [6, 6.07) is 1.28. The number of amides is 1. The second kappa shape index (κ2) is 6.51. The van der Waals surface area contributed by atoms with Gasteiger partial charge in [-0.25, -0.2) is 4.98 Å². The molecule has 0 radical (unpaired) electrons. The number of thiophene rings is 1. The van der Waals surface area contributed by atoms with Gasteiger partial charge in [0.15, 0.2) is 5.13 Å². The Hall–Kier alpha value is -1.84. The highest BCUT2D eigenvalue weighted by Gasteiger charge is 2.19. The van der Waals surface area contributed by atoms with Crippen molar-refractivity contribution in [3.05, 3.63) is 38.2 Å². The highest BCUT2D eigenvalue weighted by Crippen LogP contribution is 2.32. The van der Waals surface area contributed by atoms with Crippen molar-refractivity contribution in [1.82, 2.24) is 10.3 Å². The van der Waals surface area contributed by atoms with E-state index in [9.17, 15) is 14.9 Å². The topological polar surface area (TPSA) is 97.2 Å². The van der Waals surface area contributed by atoms with Crippen LogP contribution in [-0.4, -0.2) is 28.9 Å². The molecule has 0 aromatic carbocycles. The summed E-state index contributed by atoms with van der Waals surface area (Å²) in [5.41, 5.74) is 0.287. The molecule has 0 unspecified atom stereocenters. The summed E-state index contributed by atoms with van der Waals surface area (Å²) in [7, 11) is 0. The molecule has 0 spiro atoms. The van der Waals surface area contributed by atoms with Gasteiger partial charge in [-0.15, -0.1) is 11.3 Å². The van der Waals surface area contributed by atoms with Crippen LogP contribution < -0.4 is 10.6 Å². The Bertz CT molecular complexity index is 691. The molecule has 0 saturated carbocycles. The Kier molecular flexibility index (Phi) is 4.46. The fourth-order valence-corrected chi connectivity index (χ4v) is 4.03. The second-order valence-corrected chi connectivity index (χ2v) is 6.93. The first-order chi connectivity index (χ1) is 10.6. The van der Waals surface area contributed by atoms with Crippen molar-refractivity contribution < 1.29 is 9.72 Å². The molecule has 116 valence electrons. The number of nitrogens with zero attached hydrogens (tertiary/aromatic N) is 2. The number of nitrogens with one attached hydrogen (secondary N) is 2. The van der Waals surface area contributed by atoms with E-state index in [4.69, 9.17) is 0 Å². The van der Waals surface area contributed by atoms with Gasteiger partial charge in [0.05, 0.1) is 10.5 Å². The molecule has 9 heteroatoms. The van der Waals surface area contributed by atoms with E-state index in [-0.39, 0.29) is 16.5 Å². The largest absolute Gasteiger partial charge is 0.324 e. The van der Waals surface area contributed by atoms with Crippen molar-refractivity contribution >= 4 is 38.7 Å². The lowest BCUT2D eigenvalue weighted by Crippen LogP contribution is -2.26. The quantitative estimate of drug-likeness (QED) is 0.660. The van der Waals surface area contributed by atoms with Gasteiger partial charge in [-0.2, -0.15) is 0 Å². The van der Waals surface area contributed by atoms with Gasteiger partial charge in [-0.1, -0.05) is 11.3 Å². The first-order valence-corrected chi connectivity index (χ1v) is 8.54. The van der Waals surface area contributed by atoms with Crippen LogP contribution in [0.4, 0.5) is 10.1 Å². The summed E-state index contributed by atoms with van der Waals surface area (Å²) in [4.78, 5) is 27.6. The average Bonchev–Trinajstić information content (AvgIpc) is 3.17. The molecule has 2 N–H and O–H groups in total. The first-order valence-electron chi connectivity index (χ1n) is 6.84. The standard InChI is InChI=1S/C13H14N4O3S2/c18-12(9-5-11(17(19)20)21-7-9)16-13-15-6-10(22-13)8-1-3-14-4-2-8/h5-8,14H,1-4H2,(H,15,16,18). The normalized spacial score (nSPS) is 15.6. The van der Waals surface area contributed by atoms with E-state index in [2.05, 4.69) is 15.6 Å². The van der Waals surface area contributed by atoms with Crippen molar-refractivity contribution in [2.24, 2.45) is 0 Å². The molecule has 1 amide bonds. The number of hydrogen-bond acceptors (Lipinski definition) is 7. The minimum atomic E-state index is -0.500. The number of carbonyl (C=O) groups is 1. The number of rotatable bonds is 4. The molecular formula is C13H14N4O3S2. The molecule has 1 aliphatic rings. The van der Waals surface area contributed by atoms with Crippen LogP contribution >= 0.6 is 22.7 Å². The molecule has 7 nitrogen and oxygen atoms in total. The number of anilines is 1. The maximum atomic E-state index is 12.1. The molecule has 0 aliphatic carbocycles. The molecule has 0 atom stereocenters. The van der Waals surface area contributed by atoms with E-state index in [0.717, 1.165) is 37.3 Å². The van der Waals surface area contributed by atoms with Gasteiger partial charge in [-0.3, -0.25) is 20.2 Å². The van der Waals surface area contributed by atoms with Crippen LogP contribution in [0, 0.1) is 10.1 Å². The predicted octanol–water partition coefficient (Wildman–Crippen LogP) is 2.83. The van der Waals surface area contributed by atoms with Crippen LogP contribution in [0.5, 0.6) is 0 Å². The SMILES string of the molecule is O=C(Nc1ncc(C2CCNCC2)s1)c1csc([N+](=O)[O-])c1. The number of piperidine rings is 1. The Morgan fingerprint density at radius 2 is 2.23 bits per heavy atom. The fourth-order valence-electron chi connectivity index (χ4n) is 2.35. The maximum absolute atomic E-state index is 12.1. The van der Waals surface area contributed by atoms with Crippen molar-refractivity contribution in [1.29, 1.82) is 0 Å². The third-order valence-electron chi connectivity index (χ3n) is 3.51. The van der Waals surface area contributed by atoms with Gasteiger partial charge in [-0.05, 0) is 31.8 Å². The molecule has 3 rings (SSSR count). The first kappa shape index (κ1) is 15.1. The van der Waals surface area contributed by atoms with Crippen molar-refractivity contribution in [3.8, 4) is 0 Å². The van der Waals surface area contributed by atoms with Gasteiger partial charge >= 0.3 is 5.00 Å². The molecule has 2 aromatic rings. The number of nitro groups is 1. The van der Waals surface area contributed by atoms with Crippen LogP contribution in [-0.2, 0) is 0 Å². The zero-order valence-electron chi connectivity index (χ0n) is 11.6. The van der Waals surface area contributed by atoms with E-state index in [1.807, 2.05) is 6.20 Å². The van der Waals surface area contributed by atoms with E-state index < -0.39 is 4.92 Å². The van der Waals surface area contributed by atoms with Crippen LogP contribution in [0.3, 0.4) is 0 Å². The number of hydrogen-bond donors (Lipinski definition) is 2. The van der Waals surface area contributed by atoms with Crippen LogP contribution in [0.2, 0.25) is 0 Å². The van der Waals surface area contributed by atoms with Crippen LogP contribution in [0.15, 0.2) is 17.6 Å². The second-order valence-electron chi connectivity index (χ2n) is 4.98. The van der Waals surface area contributed by atoms with Crippen molar-refractivity contribution in [2.45, 2.75) is 18.8 Å². The highest BCUT2D eigenvalue weighted by molar-refractivity contribution is 7.16. The Labute approximate surface area is 134 Å². The molecule has 1 aliphatic heterocycles. The summed E-state index contributed by atoms with van der Waals surface area (Å²) in [5.74, 6) is 0.127. The summed E-state index contributed by atoms with van der Waals surface area (Å²) < 4.78 is 0. The van der Waals surface area contributed by atoms with Crippen molar-refractivity contribution in [2.75, 3.05) is 18.4 Å². The third-order valence-corrected chi connectivity index (χ3v) is 5.47. The molecule has 1 saturated heterocycles. The number of thiazole rings is 1. The van der Waals surface area contributed by atoms with E-state index in [1.165, 1.54) is 27.7 Å². The lowest BCUT2D eigenvalue weighted by atomic mass is 9.97. The molecule has 0 bridgehead atoms. The van der Waals surface area contributed by atoms with Gasteiger partial charge in [0.1, 0.15) is 0 Å². The third kappa shape index (κ3) is 3.32. The van der Waals surface area contributed by atoms with E-state index >= 15 is 0 Å². The maximum Gasteiger partial charge on any atom is 0.324 e. The van der Waals surface area contributed by atoms with Crippen LogP contribution in [0.1, 0.15) is 34.0 Å². The Morgan fingerprint density at radius 3 is 2.91 bits per heavy atom. The zero-order valence-corrected chi connectivity index (χ0v) is 13.2. The Morgan fingerprint density at radius 1 is 1.45 bits per heavy atom. The van der Waals surface area contributed by atoms with Gasteiger partial charge in [0, 0.05) is 22.5 Å². The molecule has 1 fully saturated rings. The predicted molar refractivity (Wildman–Crippen MR) is 85.9 cm³/mol. The van der Waals surface area contributed by atoms with Gasteiger partial charge in [0.2, 0.25) is 0 Å². The van der Waals surface area contributed by atoms with E-state index in [0.29, 0.717) is 11.0 Å². The zero-order chi connectivity index (χ0) is 15.5. The Balaban J connectivity index is 1.66. The summed E-state index contributed by atoms with van der Waals surface area (Å²) in [6.45, 7) is 2.01. The summed E-state index contributed by atoms with van der Waals surface area (Å²) >= 11 is 2.41.